The molecular formula is C23H24Cl2N6O4. The van der Waals surface area contributed by atoms with Crippen LogP contribution in [-0.4, -0.2) is 64.4 Å². The molecule has 2 aromatic heterocycles. The number of fused-ring (bicyclic) bond motifs is 3. The Labute approximate surface area is 211 Å². The first-order chi connectivity index (χ1) is 16.9. The van der Waals surface area contributed by atoms with Gasteiger partial charge in [0.1, 0.15) is 16.7 Å². The van der Waals surface area contributed by atoms with Crippen LogP contribution in [0.3, 0.4) is 0 Å². The quantitative estimate of drug-likeness (QED) is 0.511. The molecule has 0 spiro atoms. The van der Waals surface area contributed by atoms with Crippen LogP contribution in [-0.2, 0) is 17.8 Å². The van der Waals surface area contributed by atoms with E-state index in [-0.39, 0.29) is 16.2 Å². The molecule has 12 heteroatoms. The van der Waals surface area contributed by atoms with Crippen LogP contribution in [0, 0.1) is 0 Å². The summed E-state index contributed by atoms with van der Waals surface area (Å²) in [4.78, 5) is 33.2. The lowest BCUT2D eigenvalue weighted by atomic mass is 9.96. The summed E-state index contributed by atoms with van der Waals surface area (Å²) < 4.78 is 12.6. The normalized spacial score (nSPS) is 14.6. The van der Waals surface area contributed by atoms with Crippen molar-refractivity contribution in [1.29, 1.82) is 0 Å². The first kappa shape index (κ1) is 23.5. The molecular weight excluding hydrogens is 495 g/mol. The lowest BCUT2D eigenvalue weighted by Gasteiger charge is -2.28. The molecule has 1 aromatic carbocycles. The Kier molecular flexibility index (Phi) is 6.33. The molecule has 35 heavy (non-hydrogen) atoms. The number of benzene rings is 1. The van der Waals surface area contributed by atoms with Crippen molar-refractivity contribution in [1.82, 2.24) is 24.6 Å². The molecule has 184 valence electrons. The molecule has 1 amide bonds. The highest BCUT2D eigenvalue weighted by Gasteiger charge is 2.27. The summed E-state index contributed by atoms with van der Waals surface area (Å²) in [6, 6.07) is 5.63. The number of methoxy groups -OCH3 is 2. The fraction of sp³-hybridized carbons (Fsp3) is 0.391. The fourth-order valence-electron chi connectivity index (χ4n) is 4.70. The van der Waals surface area contributed by atoms with Crippen LogP contribution >= 0.6 is 23.2 Å². The predicted molar refractivity (Wildman–Crippen MR) is 132 cm³/mol. The predicted octanol–water partition coefficient (Wildman–Crippen LogP) is 3.27. The summed E-state index contributed by atoms with van der Waals surface area (Å²) >= 11 is 12.7. The molecule has 5 rings (SSSR count). The third-order valence-corrected chi connectivity index (χ3v) is 6.98. The van der Waals surface area contributed by atoms with Gasteiger partial charge in [-0.15, -0.1) is 0 Å². The average Bonchev–Trinajstić information content (AvgIpc) is 3.42. The topological polar surface area (TPSA) is 106 Å². The molecule has 4 heterocycles. The van der Waals surface area contributed by atoms with Crippen molar-refractivity contribution < 1.29 is 14.3 Å². The molecule has 2 aliphatic rings. The Balaban J connectivity index is 1.61. The Hall–Kier alpha value is -3.24. The van der Waals surface area contributed by atoms with E-state index in [1.807, 2.05) is 18.2 Å². The zero-order chi connectivity index (χ0) is 24.7. The highest BCUT2D eigenvalue weighted by Crippen LogP contribution is 2.40. The van der Waals surface area contributed by atoms with Gasteiger partial charge in [-0.25, -0.2) is 4.79 Å². The minimum atomic E-state index is -0.393. The van der Waals surface area contributed by atoms with Gasteiger partial charge in [0.2, 0.25) is 5.91 Å². The lowest BCUT2D eigenvalue weighted by molar-refractivity contribution is -0.127. The summed E-state index contributed by atoms with van der Waals surface area (Å²) in [5.74, 6) is 1.66. The van der Waals surface area contributed by atoms with Crippen LogP contribution in [0.25, 0.3) is 11.3 Å². The second-order valence-corrected chi connectivity index (χ2v) is 9.10. The lowest BCUT2D eigenvalue weighted by Crippen LogP contribution is -2.36. The Bertz CT molecular complexity index is 1340. The first-order valence-corrected chi connectivity index (χ1v) is 12.0. The summed E-state index contributed by atoms with van der Waals surface area (Å²) in [5, 5.41) is 7.02. The number of ether oxygens (including phenoxy) is 2. The van der Waals surface area contributed by atoms with Crippen LogP contribution in [0.4, 0.5) is 11.5 Å². The zero-order valence-electron chi connectivity index (χ0n) is 19.3. The van der Waals surface area contributed by atoms with Crippen LogP contribution in [0.2, 0.25) is 10.3 Å². The summed E-state index contributed by atoms with van der Waals surface area (Å²) in [6.07, 6.45) is 2.02. The van der Waals surface area contributed by atoms with E-state index in [2.05, 4.69) is 15.2 Å². The van der Waals surface area contributed by atoms with Crippen LogP contribution in [0.5, 0.6) is 11.5 Å². The molecule has 3 aromatic rings. The van der Waals surface area contributed by atoms with Crippen LogP contribution in [0.1, 0.15) is 18.4 Å². The number of likely N-dealkylation sites (tertiary alicyclic amines) is 1. The number of carbonyl (C=O) groups excluding carboxylic acids is 1. The average molecular weight is 519 g/mol. The molecule has 0 aliphatic carbocycles. The molecule has 1 N–H and O–H groups in total. The van der Waals surface area contributed by atoms with Gasteiger partial charge < -0.3 is 19.3 Å². The molecule has 1 saturated heterocycles. The number of amides is 1. The third-order valence-electron chi connectivity index (χ3n) is 6.45. The van der Waals surface area contributed by atoms with Crippen molar-refractivity contribution in [2.75, 3.05) is 38.8 Å². The van der Waals surface area contributed by atoms with Gasteiger partial charge in [-0.05, 0) is 30.5 Å². The number of halogens is 2. The molecule has 0 unspecified atom stereocenters. The van der Waals surface area contributed by atoms with Crippen molar-refractivity contribution in [3.63, 3.8) is 0 Å². The van der Waals surface area contributed by atoms with Crippen molar-refractivity contribution in [2.24, 2.45) is 0 Å². The van der Waals surface area contributed by atoms with E-state index in [4.69, 9.17) is 32.7 Å². The van der Waals surface area contributed by atoms with Gasteiger partial charge in [-0.3, -0.25) is 14.5 Å². The maximum absolute atomic E-state index is 13.1. The summed E-state index contributed by atoms with van der Waals surface area (Å²) in [5.41, 5.74) is 2.60. The molecule has 0 saturated carbocycles. The zero-order valence-corrected chi connectivity index (χ0v) is 20.8. The van der Waals surface area contributed by atoms with Gasteiger partial charge in [-0.2, -0.15) is 10.1 Å². The number of nitrogens with one attached hydrogen (secondary N) is 1. The minimum Gasteiger partial charge on any atom is -0.493 e. The maximum Gasteiger partial charge on any atom is 0.350 e. The number of rotatable bonds is 7. The number of hydrogen-bond acceptors (Lipinski definition) is 7. The largest absolute Gasteiger partial charge is 0.493 e. The van der Waals surface area contributed by atoms with E-state index in [9.17, 15) is 9.59 Å². The van der Waals surface area contributed by atoms with Crippen molar-refractivity contribution >= 4 is 40.6 Å². The standard InChI is InChI=1S/C23H24Cl2N6O4/c1-34-16-10-13-5-7-30-15(14(13)11-17(16)35-2)12-18(26-23(30)33)31(20-21(24)27-28-22(20)25)9-8-29-6-3-4-19(29)32/h10-12H,3-9H2,1-2H3,(H,27,28). The maximum atomic E-state index is 13.1. The fourth-order valence-corrected chi connectivity index (χ4v) is 5.22. The Morgan fingerprint density at radius 2 is 1.86 bits per heavy atom. The highest BCUT2D eigenvalue weighted by molar-refractivity contribution is 6.38. The molecule has 0 radical (unpaired) electrons. The Morgan fingerprint density at radius 3 is 2.51 bits per heavy atom. The molecule has 10 nitrogen and oxygen atoms in total. The van der Waals surface area contributed by atoms with E-state index in [1.54, 1.807) is 28.6 Å². The van der Waals surface area contributed by atoms with E-state index < -0.39 is 5.69 Å². The van der Waals surface area contributed by atoms with Crippen LogP contribution in [0.15, 0.2) is 23.0 Å². The third kappa shape index (κ3) is 4.21. The van der Waals surface area contributed by atoms with Gasteiger partial charge >= 0.3 is 5.69 Å². The van der Waals surface area contributed by atoms with Crippen molar-refractivity contribution in [3.05, 3.63) is 44.6 Å². The number of aromatic amines is 1. The number of nitrogens with zero attached hydrogens (tertiary/aromatic N) is 5. The number of hydrogen-bond donors (Lipinski definition) is 1. The minimum absolute atomic E-state index is 0.0998. The molecule has 0 bridgehead atoms. The van der Waals surface area contributed by atoms with Crippen LogP contribution < -0.4 is 20.1 Å². The summed E-state index contributed by atoms with van der Waals surface area (Å²) in [7, 11) is 3.16. The van der Waals surface area contributed by atoms with E-state index >= 15 is 0 Å². The molecule has 2 aliphatic heterocycles. The number of anilines is 2. The molecule has 0 atom stereocenters. The van der Waals surface area contributed by atoms with E-state index in [0.29, 0.717) is 67.7 Å². The number of aryl methyl sites for hydroxylation is 1. The van der Waals surface area contributed by atoms with Crippen molar-refractivity contribution in [2.45, 2.75) is 25.8 Å². The second-order valence-electron chi connectivity index (χ2n) is 8.36. The number of H-pyrrole nitrogens is 1. The smallest absolute Gasteiger partial charge is 0.350 e. The van der Waals surface area contributed by atoms with Gasteiger partial charge in [0.25, 0.3) is 0 Å². The van der Waals surface area contributed by atoms with Gasteiger partial charge in [0.05, 0.1) is 19.9 Å². The van der Waals surface area contributed by atoms with Gasteiger partial charge in [0, 0.05) is 44.2 Å². The molecule has 1 fully saturated rings. The highest BCUT2D eigenvalue weighted by atomic mass is 35.5. The SMILES string of the molecule is COc1cc2c(cc1OC)-c1cc(N(CCN3CCCC3=O)c3c(Cl)n[nH]c3Cl)nc(=O)n1CC2. The van der Waals surface area contributed by atoms with Gasteiger partial charge in [-0.1, -0.05) is 23.2 Å². The second kappa shape index (κ2) is 9.43. The monoisotopic (exact) mass is 518 g/mol. The number of carbonyl (C=O) groups is 1. The number of aromatic nitrogens is 4. The van der Waals surface area contributed by atoms with E-state index in [0.717, 1.165) is 17.5 Å². The van der Waals surface area contributed by atoms with E-state index in [1.165, 1.54) is 0 Å². The van der Waals surface area contributed by atoms with Crippen molar-refractivity contribution in [3.8, 4) is 22.8 Å². The van der Waals surface area contributed by atoms with Gasteiger partial charge in [0.15, 0.2) is 16.7 Å². The Morgan fingerprint density at radius 1 is 1.09 bits per heavy atom. The summed E-state index contributed by atoms with van der Waals surface area (Å²) in [6.45, 7) is 1.94. The first-order valence-electron chi connectivity index (χ1n) is 11.2.